The molecule has 0 unspecified atom stereocenters. The Hall–Kier alpha value is -4.27. The van der Waals surface area contributed by atoms with Crippen LogP contribution in [0.15, 0.2) is 53.6 Å². The highest BCUT2D eigenvalue weighted by Gasteiger charge is 2.32. The molecule has 0 spiro atoms. The van der Waals surface area contributed by atoms with Crippen LogP contribution in [0, 0.1) is 10.1 Å². The summed E-state index contributed by atoms with van der Waals surface area (Å²) in [6, 6.07) is 12.6. The van der Waals surface area contributed by atoms with Crippen molar-refractivity contribution in [1.29, 1.82) is 0 Å². The van der Waals surface area contributed by atoms with Gasteiger partial charge in [-0.2, -0.15) is 10.1 Å². The Kier molecular flexibility index (Phi) is 4.19. The number of aromatic hydroxyl groups is 1. The number of carbonyl (C=O) groups is 2. The van der Waals surface area contributed by atoms with E-state index in [1.165, 1.54) is 13.2 Å². The van der Waals surface area contributed by atoms with E-state index >= 15 is 0 Å². The van der Waals surface area contributed by atoms with Crippen LogP contribution >= 0.6 is 0 Å². The number of benzene rings is 3. The molecule has 0 aliphatic carbocycles. The number of hydrazone groups is 1. The number of imide groups is 1. The van der Waals surface area contributed by atoms with Crippen LogP contribution in [0.1, 0.15) is 26.3 Å². The number of hydrogen-bond donors (Lipinski definition) is 1. The van der Waals surface area contributed by atoms with Crippen molar-refractivity contribution in [2.75, 3.05) is 7.11 Å². The number of rotatable bonds is 4. The summed E-state index contributed by atoms with van der Waals surface area (Å²) in [5.41, 5.74) is 0.259. The van der Waals surface area contributed by atoms with Gasteiger partial charge < -0.3 is 9.84 Å². The third-order valence-electron chi connectivity index (χ3n) is 4.57. The Balaban J connectivity index is 1.77. The lowest BCUT2D eigenvalue weighted by molar-refractivity contribution is -0.386. The molecule has 1 aliphatic rings. The van der Waals surface area contributed by atoms with Crippen LogP contribution in [0.4, 0.5) is 5.69 Å². The zero-order chi connectivity index (χ0) is 20.7. The van der Waals surface area contributed by atoms with E-state index in [1.807, 2.05) is 12.1 Å². The number of carbonyl (C=O) groups excluding carboxylic acids is 2. The summed E-state index contributed by atoms with van der Waals surface area (Å²) in [5.74, 6) is -1.96. The van der Waals surface area contributed by atoms with Gasteiger partial charge in [0.05, 0.1) is 29.4 Å². The average Bonchev–Trinajstić information content (AvgIpc) is 2.72. The maximum absolute atomic E-state index is 12.8. The zero-order valence-electron chi connectivity index (χ0n) is 15.0. The molecule has 2 amide bonds. The quantitative estimate of drug-likeness (QED) is 0.316. The minimum Gasteiger partial charge on any atom is -0.500 e. The van der Waals surface area contributed by atoms with Gasteiger partial charge in [-0.1, -0.05) is 24.3 Å². The SMILES string of the molecule is COc1cc(/C=N/N2C(=O)c3cccc4cccc(c34)C2=O)cc([N+](=O)[O-])c1O. The number of nitro benzene ring substituents is 1. The van der Waals surface area contributed by atoms with Gasteiger partial charge in [0.15, 0.2) is 5.75 Å². The number of phenolic OH excluding ortho intramolecular Hbond substituents is 1. The predicted octanol–water partition coefficient (Wildman–Crippen LogP) is 3.09. The molecule has 3 aromatic carbocycles. The molecule has 0 radical (unpaired) electrons. The minimum absolute atomic E-state index is 0.132. The van der Waals surface area contributed by atoms with Gasteiger partial charge in [0, 0.05) is 17.0 Å². The van der Waals surface area contributed by atoms with Gasteiger partial charge in [-0.15, -0.1) is 0 Å². The van der Waals surface area contributed by atoms with E-state index in [1.54, 1.807) is 24.3 Å². The van der Waals surface area contributed by atoms with Crippen molar-refractivity contribution in [2.24, 2.45) is 5.10 Å². The van der Waals surface area contributed by atoms with Crippen LogP contribution in [0.25, 0.3) is 10.8 Å². The molecule has 0 aromatic heterocycles. The van der Waals surface area contributed by atoms with Crippen molar-refractivity contribution in [2.45, 2.75) is 0 Å². The van der Waals surface area contributed by atoms with Gasteiger partial charge in [-0.05, 0) is 23.6 Å². The van der Waals surface area contributed by atoms with Gasteiger partial charge in [0.25, 0.3) is 11.8 Å². The first kappa shape index (κ1) is 18.1. The van der Waals surface area contributed by atoms with Crippen LogP contribution in [-0.2, 0) is 0 Å². The molecule has 1 aliphatic heterocycles. The molecule has 29 heavy (non-hydrogen) atoms. The Morgan fingerprint density at radius 1 is 1.10 bits per heavy atom. The number of nitrogens with zero attached hydrogens (tertiary/aromatic N) is 3. The summed E-state index contributed by atoms with van der Waals surface area (Å²) in [4.78, 5) is 36.0. The number of methoxy groups -OCH3 is 1. The second-order valence-electron chi connectivity index (χ2n) is 6.22. The Labute approximate surface area is 163 Å². The number of nitro groups is 1. The number of amides is 2. The number of ether oxygens (including phenoxy) is 1. The molecule has 0 atom stereocenters. The Morgan fingerprint density at radius 2 is 1.72 bits per heavy atom. The van der Waals surface area contributed by atoms with Crippen molar-refractivity contribution in [3.8, 4) is 11.5 Å². The van der Waals surface area contributed by atoms with Gasteiger partial charge in [-0.3, -0.25) is 19.7 Å². The van der Waals surface area contributed by atoms with Gasteiger partial charge in [-0.25, -0.2) is 0 Å². The Morgan fingerprint density at radius 3 is 2.28 bits per heavy atom. The molecule has 9 nitrogen and oxygen atoms in total. The fourth-order valence-corrected chi connectivity index (χ4v) is 3.23. The lowest BCUT2D eigenvalue weighted by Gasteiger charge is -2.23. The van der Waals surface area contributed by atoms with Crippen LogP contribution in [0.3, 0.4) is 0 Å². The average molecular weight is 391 g/mol. The maximum atomic E-state index is 12.8. The van der Waals surface area contributed by atoms with E-state index in [0.717, 1.165) is 17.7 Å². The monoisotopic (exact) mass is 391 g/mol. The van der Waals surface area contributed by atoms with Crippen molar-refractivity contribution in [3.05, 3.63) is 75.3 Å². The fraction of sp³-hybridized carbons (Fsp3) is 0.0500. The van der Waals surface area contributed by atoms with Crippen molar-refractivity contribution in [3.63, 3.8) is 0 Å². The number of phenols is 1. The maximum Gasteiger partial charge on any atom is 0.315 e. The summed E-state index contributed by atoms with van der Waals surface area (Å²) in [6.07, 6.45) is 1.12. The molecular weight excluding hydrogens is 378 g/mol. The third kappa shape index (κ3) is 2.85. The van der Waals surface area contributed by atoms with Crippen LogP contribution in [0.5, 0.6) is 11.5 Å². The van der Waals surface area contributed by atoms with E-state index < -0.39 is 28.2 Å². The summed E-state index contributed by atoms with van der Waals surface area (Å²) >= 11 is 0. The topological polar surface area (TPSA) is 122 Å². The van der Waals surface area contributed by atoms with Gasteiger partial charge in [0.2, 0.25) is 5.75 Å². The molecule has 3 aromatic rings. The van der Waals surface area contributed by atoms with E-state index in [-0.39, 0.29) is 11.3 Å². The highest BCUT2D eigenvalue weighted by molar-refractivity contribution is 6.25. The van der Waals surface area contributed by atoms with E-state index in [9.17, 15) is 24.8 Å². The summed E-state index contributed by atoms with van der Waals surface area (Å²) < 4.78 is 4.93. The molecule has 0 saturated carbocycles. The largest absolute Gasteiger partial charge is 0.500 e. The molecule has 0 fully saturated rings. The lowest BCUT2D eigenvalue weighted by Crippen LogP contribution is -2.36. The standard InChI is InChI=1S/C20H13N3O6/c1-29-16-9-11(8-15(18(16)24)23(27)28)10-21-22-19(25)13-6-2-4-12-5-3-7-14(17(12)13)20(22)26/h2-10,24H,1H3/b21-10+. The Bertz CT molecular complexity index is 1180. The smallest absolute Gasteiger partial charge is 0.315 e. The highest BCUT2D eigenvalue weighted by Crippen LogP contribution is 2.36. The first-order chi connectivity index (χ1) is 13.9. The van der Waals surface area contributed by atoms with Crippen LogP contribution in [0.2, 0.25) is 0 Å². The molecule has 9 heteroatoms. The van der Waals surface area contributed by atoms with Crippen LogP contribution < -0.4 is 4.74 Å². The van der Waals surface area contributed by atoms with Gasteiger partial charge >= 0.3 is 5.69 Å². The minimum atomic E-state index is -0.774. The molecular formula is C20H13N3O6. The third-order valence-corrected chi connectivity index (χ3v) is 4.57. The van der Waals surface area contributed by atoms with Crippen molar-refractivity contribution < 1.29 is 24.4 Å². The van der Waals surface area contributed by atoms with Crippen molar-refractivity contribution in [1.82, 2.24) is 5.01 Å². The molecule has 4 rings (SSSR count). The molecule has 1 heterocycles. The van der Waals surface area contributed by atoms with Crippen LogP contribution in [-0.4, -0.2) is 40.2 Å². The number of hydrogen-bond acceptors (Lipinski definition) is 7. The summed E-state index contributed by atoms with van der Waals surface area (Å²) in [6.45, 7) is 0. The van der Waals surface area contributed by atoms with Gasteiger partial charge in [0.1, 0.15) is 0 Å². The first-order valence-corrected chi connectivity index (χ1v) is 8.42. The lowest BCUT2D eigenvalue weighted by atomic mass is 9.95. The fourth-order valence-electron chi connectivity index (χ4n) is 3.23. The molecule has 0 bridgehead atoms. The summed E-state index contributed by atoms with van der Waals surface area (Å²) in [7, 11) is 1.25. The second-order valence-corrected chi connectivity index (χ2v) is 6.22. The molecule has 0 saturated heterocycles. The normalized spacial score (nSPS) is 13.3. The van der Waals surface area contributed by atoms with Crippen molar-refractivity contribution >= 4 is 34.5 Å². The van der Waals surface area contributed by atoms with E-state index in [0.29, 0.717) is 21.5 Å². The zero-order valence-corrected chi connectivity index (χ0v) is 15.0. The van der Waals surface area contributed by atoms with E-state index in [2.05, 4.69) is 5.10 Å². The molecule has 1 N–H and O–H groups in total. The van der Waals surface area contributed by atoms with E-state index in [4.69, 9.17) is 4.74 Å². The second kappa shape index (κ2) is 6.71. The summed E-state index contributed by atoms with van der Waals surface area (Å²) in [5, 5.41) is 27.0. The first-order valence-electron chi connectivity index (χ1n) is 8.42. The predicted molar refractivity (Wildman–Crippen MR) is 103 cm³/mol. The highest BCUT2D eigenvalue weighted by atomic mass is 16.6. The molecule has 144 valence electrons.